The first-order valence-corrected chi connectivity index (χ1v) is 6.70. The number of phenols is 1. The van der Waals surface area contributed by atoms with Gasteiger partial charge in [0.25, 0.3) is 5.91 Å². The van der Waals surface area contributed by atoms with Crippen LogP contribution >= 0.6 is 11.6 Å². The maximum Gasteiger partial charge on any atom is 0.294 e. The number of halogens is 1. The van der Waals surface area contributed by atoms with Crippen LogP contribution in [0, 0.1) is 0 Å². The van der Waals surface area contributed by atoms with Crippen molar-refractivity contribution in [1.29, 1.82) is 0 Å². The van der Waals surface area contributed by atoms with Gasteiger partial charge in [-0.25, -0.2) is 4.98 Å². The topological polar surface area (TPSA) is 88.2 Å². The average Bonchev–Trinajstić information content (AvgIpc) is 3.00. The smallest absolute Gasteiger partial charge is 0.294 e. The molecule has 22 heavy (non-hydrogen) atoms. The SMILES string of the molecule is O=C(Nc1cccnc1Cl)c1cc(-c2ccccc2O)no1. The number of aromatic hydroxyl groups is 1. The van der Waals surface area contributed by atoms with Crippen LogP contribution < -0.4 is 5.32 Å². The van der Waals surface area contributed by atoms with Crippen LogP contribution in [-0.2, 0) is 0 Å². The third kappa shape index (κ3) is 2.77. The minimum absolute atomic E-state index is 0.00169. The number of rotatable bonds is 3. The Balaban J connectivity index is 1.84. The highest BCUT2D eigenvalue weighted by atomic mass is 35.5. The Hall–Kier alpha value is -2.86. The zero-order chi connectivity index (χ0) is 15.5. The highest BCUT2D eigenvalue weighted by Gasteiger charge is 2.16. The molecule has 0 unspecified atom stereocenters. The summed E-state index contributed by atoms with van der Waals surface area (Å²) >= 11 is 5.87. The van der Waals surface area contributed by atoms with Gasteiger partial charge >= 0.3 is 0 Å². The van der Waals surface area contributed by atoms with Crippen LogP contribution in [0.2, 0.25) is 5.15 Å². The molecule has 0 atom stereocenters. The first-order valence-electron chi connectivity index (χ1n) is 6.32. The minimum atomic E-state index is -0.510. The number of carbonyl (C=O) groups excluding carboxylic acids is 1. The first kappa shape index (κ1) is 14.1. The largest absolute Gasteiger partial charge is 0.507 e. The van der Waals surface area contributed by atoms with Gasteiger partial charge in [0.15, 0.2) is 5.15 Å². The Morgan fingerprint density at radius 1 is 1.23 bits per heavy atom. The van der Waals surface area contributed by atoms with Gasteiger partial charge in [-0.3, -0.25) is 4.79 Å². The van der Waals surface area contributed by atoms with E-state index in [1.165, 1.54) is 18.3 Å². The van der Waals surface area contributed by atoms with Crippen LogP contribution in [0.15, 0.2) is 53.2 Å². The molecule has 3 rings (SSSR count). The van der Waals surface area contributed by atoms with E-state index in [4.69, 9.17) is 16.1 Å². The summed E-state index contributed by atoms with van der Waals surface area (Å²) in [4.78, 5) is 16.0. The van der Waals surface area contributed by atoms with E-state index in [1.54, 1.807) is 30.3 Å². The molecular formula is C15H10ClN3O3. The van der Waals surface area contributed by atoms with Crippen molar-refractivity contribution in [1.82, 2.24) is 10.1 Å². The van der Waals surface area contributed by atoms with Gasteiger partial charge in [-0.2, -0.15) is 0 Å². The van der Waals surface area contributed by atoms with Crippen LogP contribution in [-0.4, -0.2) is 21.2 Å². The molecular weight excluding hydrogens is 306 g/mol. The van der Waals surface area contributed by atoms with Crippen LogP contribution in [0.4, 0.5) is 5.69 Å². The molecule has 0 bridgehead atoms. The number of phenolic OH excluding ortho intramolecular Hbond substituents is 1. The second-order valence-electron chi connectivity index (χ2n) is 4.39. The van der Waals surface area contributed by atoms with Crippen molar-refractivity contribution in [2.45, 2.75) is 0 Å². The van der Waals surface area contributed by atoms with E-state index in [0.29, 0.717) is 16.9 Å². The zero-order valence-electron chi connectivity index (χ0n) is 11.2. The number of pyridine rings is 1. The fourth-order valence-electron chi connectivity index (χ4n) is 1.86. The number of anilines is 1. The third-order valence-electron chi connectivity index (χ3n) is 2.92. The van der Waals surface area contributed by atoms with Crippen LogP contribution in [0.1, 0.15) is 10.6 Å². The Morgan fingerprint density at radius 3 is 2.82 bits per heavy atom. The van der Waals surface area contributed by atoms with Crippen molar-refractivity contribution in [3.63, 3.8) is 0 Å². The van der Waals surface area contributed by atoms with Crippen LogP contribution in [0.5, 0.6) is 5.75 Å². The Morgan fingerprint density at radius 2 is 2.05 bits per heavy atom. The molecule has 0 aliphatic carbocycles. The molecule has 0 fully saturated rings. The normalized spacial score (nSPS) is 10.4. The van der Waals surface area contributed by atoms with Gasteiger partial charge in [-0.05, 0) is 24.3 Å². The molecule has 6 nitrogen and oxygen atoms in total. The summed E-state index contributed by atoms with van der Waals surface area (Å²) in [5.41, 5.74) is 1.21. The number of hydrogen-bond acceptors (Lipinski definition) is 5. The second kappa shape index (κ2) is 5.87. The van der Waals surface area contributed by atoms with Crippen molar-refractivity contribution in [2.24, 2.45) is 0 Å². The summed E-state index contributed by atoms with van der Waals surface area (Å²) < 4.78 is 5.01. The van der Waals surface area contributed by atoms with Gasteiger partial charge in [0.1, 0.15) is 11.4 Å². The number of amides is 1. The molecule has 2 aromatic heterocycles. The summed E-state index contributed by atoms with van der Waals surface area (Å²) in [6.45, 7) is 0. The average molecular weight is 316 g/mol. The number of nitrogens with zero attached hydrogens (tertiary/aromatic N) is 2. The molecule has 2 heterocycles. The van der Waals surface area contributed by atoms with Gasteiger partial charge in [-0.1, -0.05) is 28.9 Å². The molecule has 0 aliphatic heterocycles. The lowest BCUT2D eigenvalue weighted by Crippen LogP contribution is -2.11. The number of hydrogen-bond donors (Lipinski definition) is 2. The molecule has 1 amide bonds. The number of para-hydroxylation sites is 1. The van der Waals surface area contributed by atoms with Crippen molar-refractivity contribution >= 4 is 23.2 Å². The lowest BCUT2D eigenvalue weighted by Gasteiger charge is -2.03. The molecule has 7 heteroatoms. The van der Waals surface area contributed by atoms with Crippen molar-refractivity contribution in [2.75, 3.05) is 5.32 Å². The van der Waals surface area contributed by atoms with Crippen molar-refractivity contribution in [3.8, 4) is 17.0 Å². The van der Waals surface area contributed by atoms with E-state index >= 15 is 0 Å². The molecule has 2 N–H and O–H groups in total. The van der Waals surface area contributed by atoms with E-state index < -0.39 is 5.91 Å². The maximum absolute atomic E-state index is 12.1. The number of aromatic nitrogens is 2. The van der Waals surface area contributed by atoms with Crippen LogP contribution in [0.3, 0.4) is 0 Å². The minimum Gasteiger partial charge on any atom is -0.507 e. The molecule has 0 spiro atoms. The molecule has 1 aromatic carbocycles. The maximum atomic E-state index is 12.1. The predicted molar refractivity (Wildman–Crippen MR) is 80.8 cm³/mol. The lowest BCUT2D eigenvalue weighted by molar-refractivity contribution is 0.0988. The van der Waals surface area contributed by atoms with Gasteiger partial charge < -0.3 is 14.9 Å². The van der Waals surface area contributed by atoms with E-state index in [1.807, 2.05) is 0 Å². The first-order chi connectivity index (χ1) is 10.6. The summed E-state index contributed by atoms with van der Waals surface area (Å²) in [5, 5.41) is 16.3. The summed E-state index contributed by atoms with van der Waals surface area (Å²) in [7, 11) is 0. The van der Waals surface area contributed by atoms with Crippen molar-refractivity contribution in [3.05, 3.63) is 59.6 Å². The van der Waals surface area contributed by atoms with Gasteiger partial charge in [0.2, 0.25) is 5.76 Å². The van der Waals surface area contributed by atoms with Crippen LogP contribution in [0.25, 0.3) is 11.3 Å². The zero-order valence-corrected chi connectivity index (χ0v) is 11.9. The molecule has 0 radical (unpaired) electrons. The number of benzene rings is 1. The molecule has 0 saturated carbocycles. The Kier molecular flexibility index (Phi) is 3.76. The fraction of sp³-hybridized carbons (Fsp3) is 0. The van der Waals surface area contributed by atoms with E-state index in [9.17, 15) is 9.90 Å². The monoisotopic (exact) mass is 315 g/mol. The molecule has 0 saturated heterocycles. The molecule has 110 valence electrons. The number of carbonyl (C=O) groups is 1. The standard InChI is InChI=1S/C15H10ClN3O3/c16-14-10(5-3-7-17-14)18-15(21)13-8-11(19-22-13)9-4-1-2-6-12(9)20/h1-8,20H,(H,18,21). The molecule has 3 aromatic rings. The third-order valence-corrected chi connectivity index (χ3v) is 3.22. The highest BCUT2D eigenvalue weighted by Crippen LogP contribution is 2.28. The van der Waals surface area contributed by atoms with E-state index in [2.05, 4.69) is 15.5 Å². The lowest BCUT2D eigenvalue weighted by atomic mass is 10.1. The summed E-state index contributed by atoms with van der Waals surface area (Å²) in [5.74, 6) is -0.458. The predicted octanol–water partition coefficient (Wildman–Crippen LogP) is 3.35. The van der Waals surface area contributed by atoms with E-state index in [0.717, 1.165) is 0 Å². The van der Waals surface area contributed by atoms with Gasteiger partial charge in [0, 0.05) is 17.8 Å². The molecule has 0 aliphatic rings. The van der Waals surface area contributed by atoms with Gasteiger partial charge in [-0.15, -0.1) is 0 Å². The van der Waals surface area contributed by atoms with E-state index in [-0.39, 0.29) is 16.7 Å². The van der Waals surface area contributed by atoms with Gasteiger partial charge in [0.05, 0.1) is 5.69 Å². The van der Waals surface area contributed by atoms with Crippen molar-refractivity contribution < 1.29 is 14.4 Å². The summed E-state index contributed by atoms with van der Waals surface area (Å²) in [6.07, 6.45) is 1.52. The Labute approximate surface area is 130 Å². The Bertz CT molecular complexity index is 832. The highest BCUT2D eigenvalue weighted by molar-refractivity contribution is 6.32. The second-order valence-corrected chi connectivity index (χ2v) is 4.75. The fourth-order valence-corrected chi connectivity index (χ4v) is 2.03. The number of nitrogens with one attached hydrogen (secondary N) is 1. The quantitative estimate of drug-likeness (QED) is 0.724. The summed E-state index contributed by atoms with van der Waals surface area (Å²) in [6, 6.07) is 11.3.